The first-order valence-corrected chi connectivity index (χ1v) is 7.57. The van der Waals surface area contributed by atoms with Crippen LogP contribution in [0.5, 0.6) is 5.88 Å². The maximum absolute atomic E-state index is 12.1. The molecule has 0 fully saturated rings. The molecular weight excluding hydrogens is 306 g/mol. The number of hydrogen-bond acceptors (Lipinski definition) is 7. The van der Waals surface area contributed by atoms with E-state index in [2.05, 4.69) is 26.7 Å². The summed E-state index contributed by atoms with van der Waals surface area (Å²) in [5, 5.41) is 4.31. The molecule has 0 amide bonds. The number of ether oxygens (including phenoxy) is 1. The maximum Gasteiger partial charge on any atom is 0.350 e. The molecule has 0 aromatic carbocycles. The number of aromatic amines is 1. The summed E-state index contributed by atoms with van der Waals surface area (Å²) in [6, 6.07) is 1.61. The van der Waals surface area contributed by atoms with E-state index in [9.17, 15) is 4.79 Å². The molecule has 8 nitrogen and oxygen atoms in total. The normalized spacial score (nSPS) is 11.0. The average Bonchev–Trinajstić information content (AvgIpc) is 3.15. The molecule has 0 radical (unpaired) electrons. The van der Waals surface area contributed by atoms with Crippen molar-refractivity contribution in [1.29, 1.82) is 0 Å². The summed E-state index contributed by atoms with van der Waals surface area (Å²) >= 11 is 1.37. The van der Waals surface area contributed by atoms with Crippen LogP contribution in [0.2, 0.25) is 0 Å². The van der Waals surface area contributed by atoms with Gasteiger partial charge in [0.25, 0.3) is 5.88 Å². The van der Waals surface area contributed by atoms with Crippen LogP contribution in [-0.2, 0) is 6.54 Å². The number of thioether (sulfide) groups is 1. The van der Waals surface area contributed by atoms with Gasteiger partial charge < -0.3 is 14.2 Å². The van der Waals surface area contributed by atoms with Crippen LogP contribution in [0.1, 0.15) is 0 Å². The summed E-state index contributed by atoms with van der Waals surface area (Å²) in [6.45, 7) is 3.97. The van der Waals surface area contributed by atoms with Gasteiger partial charge in [0, 0.05) is 6.54 Å². The molecule has 114 valence electrons. The second-order valence-electron chi connectivity index (χ2n) is 4.32. The molecule has 0 atom stereocenters. The second kappa shape index (κ2) is 5.68. The van der Waals surface area contributed by atoms with Crippen molar-refractivity contribution in [2.24, 2.45) is 0 Å². The van der Waals surface area contributed by atoms with E-state index in [0.29, 0.717) is 40.2 Å². The molecule has 0 unspecified atom stereocenters. The Bertz CT molecular complexity index is 895. The van der Waals surface area contributed by atoms with Gasteiger partial charge in [-0.05, 0) is 11.4 Å². The van der Waals surface area contributed by atoms with Crippen molar-refractivity contribution in [2.45, 2.75) is 11.6 Å². The van der Waals surface area contributed by atoms with Crippen molar-refractivity contribution in [3.05, 3.63) is 29.2 Å². The van der Waals surface area contributed by atoms with Crippen LogP contribution < -0.4 is 10.4 Å². The van der Waals surface area contributed by atoms with E-state index in [4.69, 9.17) is 9.26 Å². The molecule has 3 aromatic rings. The van der Waals surface area contributed by atoms with E-state index < -0.39 is 0 Å². The molecule has 22 heavy (non-hydrogen) atoms. The molecule has 3 aromatic heterocycles. The van der Waals surface area contributed by atoms with Crippen LogP contribution in [0, 0.1) is 0 Å². The SMILES string of the molecule is C=CCn1c(=O)nc(SC)c2[nH]c(-c3cc(OC)no3)nc21. The van der Waals surface area contributed by atoms with E-state index in [1.165, 1.54) is 23.4 Å². The minimum Gasteiger partial charge on any atom is -0.479 e. The molecule has 0 saturated heterocycles. The van der Waals surface area contributed by atoms with Gasteiger partial charge in [-0.1, -0.05) is 6.08 Å². The molecule has 3 rings (SSSR count). The van der Waals surface area contributed by atoms with Crippen LogP contribution in [0.25, 0.3) is 22.7 Å². The Balaban J connectivity index is 2.24. The Hall–Kier alpha value is -2.55. The van der Waals surface area contributed by atoms with Gasteiger partial charge in [0.2, 0.25) is 5.76 Å². The number of nitrogens with one attached hydrogen (secondary N) is 1. The third kappa shape index (κ3) is 2.29. The van der Waals surface area contributed by atoms with Gasteiger partial charge in [-0.25, -0.2) is 9.78 Å². The first-order valence-electron chi connectivity index (χ1n) is 6.34. The summed E-state index contributed by atoms with van der Waals surface area (Å²) in [5.74, 6) is 1.21. The highest BCUT2D eigenvalue weighted by Crippen LogP contribution is 2.26. The molecule has 0 aliphatic carbocycles. The van der Waals surface area contributed by atoms with Gasteiger partial charge in [-0.3, -0.25) is 4.57 Å². The van der Waals surface area contributed by atoms with Gasteiger partial charge in [-0.15, -0.1) is 18.3 Å². The average molecular weight is 319 g/mol. The topological polar surface area (TPSA) is 98.8 Å². The molecule has 3 heterocycles. The predicted molar refractivity (Wildman–Crippen MR) is 82.2 cm³/mol. The van der Waals surface area contributed by atoms with Gasteiger partial charge in [0.1, 0.15) is 10.5 Å². The Morgan fingerprint density at radius 3 is 3.00 bits per heavy atom. The van der Waals surface area contributed by atoms with Gasteiger partial charge in [0.05, 0.1) is 13.2 Å². The van der Waals surface area contributed by atoms with Crippen LogP contribution in [0.4, 0.5) is 0 Å². The Labute approximate surface area is 129 Å². The fraction of sp³-hybridized carbons (Fsp3) is 0.231. The standard InChI is InChI=1S/C13H13N5O3S/c1-4-5-18-11-9(12(22-3)16-13(18)19)14-10(15-11)7-6-8(20-2)17-21-7/h4,6H,1,5H2,2-3H3,(H,14,15). The lowest BCUT2D eigenvalue weighted by atomic mass is 10.4. The Kier molecular flexibility index (Phi) is 3.72. The van der Waals surface area contributed by atoms with Gasteiger partial charge >= 0.3 is 5.69 Å². The number of H-pyrrole nitrogens is 1. The van der Waals surface area contributed by atoms with Crippen molar-refractivity contribution in [3.63, 3.8) is 0 Å². The van der Waals surface area contributed by atoms with Gasteiger partial charge in [0.15, 0.2) is 11.5 Å². The Morgan fingerprint density at radius 2 is 2.36 bits per heavy atom. The van der Waals surface area contributed by atoms with Crippen LogP contribution in [0.15, 0.2) is 33.1 Å². The molecule has 0 aliphatic heterocycles. The lowest BCUT2D eigenvalue weighted by Crippen LogP contribution is -2.23. The number of rotatable bonds is 5. The fourth-order valence-corrected chi connectivity index (χ4v) is 2.54. The number of nitrogens with zero attached hydrogens (tertiary/aromatic N) is 4. The van der Waals surface area contributed by atoms with Gasteiger partial charge in [-0.2, -0.15) is 4.98 Å². The molecule has 0 spiro atoms. The largest absolute Gasteiger partial charge is 0.479 e. The van der Waals surface area contributed by atoms with Crippen molar-refractivity contribution in [1.82, 2.24) is 24.7 Å². The maximum atomic E-state index is 12.1. The number of fused-ring (bicyclic) bond motifs is 1. The number of hydrogen-bond donors (Lipinski definition) is 1. The smallest absolute Gasteiger partial charge is 0.350 e. The number of methoxy groups -OCH3 is 1. The minimum atomic E-state index is -0.370. The Morgan fingerprint density at radius 1 is 1.55 bits per heavy atom. The number of aromatic nitrogens is 5. The number of allylic oxidation sites excluding steroid dienone is 1. The van der Waals surface area contributed by atoms with E-state index in [-0.39, 0.29) is 5.69 Å². The lowest BCUT2D eigenvalue weighted by Gasteiger charge is -2.03. The van der Waals surface area contributed by atoms with E-state index in [1.54, 1.807) is 12.1 Å². The summed E-state index contributed by atoms with van der Waals surface area (Å²) in [7, 11) is 1.50. The highest BCUT2D eigenvalue weighted by Gasteiger charge is 2.17. The molecule has 9 heteroatoms. The minimum absolute atomic E-state index is 0.320. The van der Waals surface area contributed by atoms with Crippen LogP contribution in [0.3, 0.4) is 0 Å². The molecule has 1 N–H and O–H groups in total. The quantitative estimate of drug-likeness (QED) is 0.434. The monoisotopic (exact) mass is 319 g/mol. The summed E-state index contributed by atoms with van der Waals surface area (Å²) < 4.78 is 11.6. The van der Waals surface area contributed by atoms with Crippen LogP contribution >= 0.6 is 11.8 Å². The zero-order valence-electron chi connectivity index (χ0n) is 12.0. The highest BCUT2D eigenvalue weighted by molar-refractivity contribution is 7.98. The second-order valence-corrected chi connectivity index (χ2v) is 5.12. The summed E-state index contributed by atoms with van der Waals surface area (Å²) in [6.07, 6.45) is 3.46. The van der Waals surface area contributed by atoms with Crippen molar-refractivity contribution in [3.8, 4) is 17.5 Å². The zero-order chi connectivity index (χ0) is 15.7. The van der Waals surface area contributed by atoms with Crippen molar-refractivity contribution >= 4 is 22.9 Å². The molecule has 0 aliphatic rings. The number of imidazole rings is 1. The molecule has 0 saturated carbocycles. The molecular formula is C13H13N5O3S. The zero-order valence-corrected chi connectivity index (χ0v) is 12.8. The van der Waals surface area contributed by atoms with E-state index in [1.807, 2.05) is 6.26 Å². The first kappa shape index (κ1) is 14.4. The van der Waals surface area contributed by atoms with Crippen LogP contribution in [-0.4, -0.2) is 38.0 Å². The van der Waals surface area contributed by atoms with E-state index in [0.717, 1.165) is 0 Å². The van der Waals surface area contributed by atoms with Crippen molar-refractivity contribution in [2.75, 3.05) is 13.4 Å². The predicted octanol–water partition coefficient (Wildman–Crippen LogP) is 1.69. The first-order chi connectivity index (χ1) is 10.7. The van der Waals surface area contributed by atoms with Crippen molar-refractivity contribution < 1.29 is 9.26 Å². The highest BCUT2D eigenvalue weighted by atomic mass is 32.2. The van der Waals surface area contributed by atoms with E-state index >= 15 is 0 Å². The molecule has 0 bridgehead atoms. The lowest BCUT2D eigenvalue weighted by molar-refractivity contribution is 0.342. The third-order valence-corrected chi connectivity index (χ3v) is 3.70. The fourth-order valence-electron chi connectivity index (χ4n) is 2.03. The summed E-state index contributed by atoms with van der Waals surface area (Å²) in [5.41, 5.74) is 0.791. The summed E-state index contributed by atoms with van der Waals surface area (Å²) in [4.78, 5) is 23.7. The third-order valence-electron chi connectivity index (χ3n) is 3.02.